The van der Waals surface area contributed by atoms with Crippen LogP contribution in [0.2, 0.25) is 0 Å². The molecule has 0 saturated heterocycles. The van der Waals surface area contributed by atoms with Crippen molar-refractivity contribution in [1.29, 1.82) is 0 Å². The molecule has 0 spiro atoms. The maximum absolute atomic E-state index is 13.2. The van der Waals surface area contributed by atoms with Gasteiger partial charge in [-0.1, -0.05) is 54.6 Å². The van der Waals surface area contributed by atoms with Gasteiger partial charge in [-0.15, -0.1) is 0 Å². The first-order chi connectivity index (χ1) is 13.0. The smallest absolute Gasteiger partial charge is 0.264 e. The summed E-state index contributed by atoms with van der Waals surface area (Å²) in [6.07, 6.45) is 0. The number of hydrogen-bond donors (Lipinski definition) is 1. The third-order valence-electron chi connectivity index (χ3n) is 4.06. The van der Waals surface area contributed by atoms with Gasteiger partial charge in [-0.05, 0) is 42.8 Å². The standard InChI is InChI=1S/C21H20N2O3S/c1-17-10-8-9-15-20(17)23(27(25,26)19-13-6-3-7-14-19)16-21(24)22-18-11-4-2-5-12-18/h2-15H,16H2,1H3,(H,22,24). The number of benzene rings is 3. The fourth-order valence-corrected chi connectivity index (χ4v) is 4.22. The summed E-state index contributed by atoms with van der Waals surface area (Å²) in [7, 11) is -3.89. The van der Waals surface area contributed by atoms with Crippen molar-refractivity contribution >= 4 is 27.3 Å². The molecule has 0 fully saturated rings. The Balaban J connectivity index is 1.96. The van der Waals surface area contributed by atoms with Crippen LogP contribution >= 0.6 is 0 Å². The molecular formula is C21H20N2O3S. The van der Waals surface area contributed by atoms with Crippen molar-refractivity contribution in [2.24, 2.45) is 0 Å². The van der Waals surface area contributed by atoms with Gasteiger partial charge in [0.25, 0.3) is 10.0 Å². The monoisotopic (exact) mass is 380 g/mol. The quantitative estimate of drug-likeness (QED) is 0.707. The van der Waals surface area contributed by atoms with E-state index < -0.39 is 15.9 Å². The SMILES string of the molecule is Cc1ccccc1N(CC(=O)Nc1ccccc1)S(=O)(=O)c1ccccc1. The van der Waals surface area contributed by atoms with E-state index in [2.05, 4.69) is 5.32 Å². The van der Waals surface area contributed by atoms with E-state index in [0.717, 1.165) is 9.87 Å². The van der Waals surface area contributed by atoms with E-state index in [1.807, 2.05) is 25.1 Å². The summed E-state index contributed by atoms with van der Waals surface area (Å²) in [4.78, 5) is 12.7. The lowest BCUT2D eigenvalue weighted by Crippen LogP contribution is -2.38. The van der Waals surface area contributed by atoms with Crippen LogP contribution in [0.15, 0.2) is 89.8 Å². The van der Waals surface area contributed by atoms with E-state index in [1.165, 1.54) is 12.1 Å². The molecule has 6 heteroatoms. The van der Waals surface area contributed by atoms with Crippen molar-refractivity contribution < 1.29 is 13.2 Å². The van der Waals surface area contributed by atoms with E-state index in [0.29, 0.717) is 11.4 Å². The summed E-state index contributed by atoms with van der Waals surface area (Å²) < 4.78 is 27.6. The highest BCUT2D eigenvalue weighted by atomic mass is 32.2. The highest BCUT2D eigenvalue weighted by Crippen LogP contribution is 2.26. The van der Waals surface area contributed by atoms with Crippen LogP contribution in [0, 0.1) is 6.92 Å². The van der Waals surface area contributed by atoms with Crippen molar-refractivity contribution in [1.82, 2.24) is 0 Å². The summed E-state index contributed by atoms with van der Waals surface area (Å²) >= 11 is 0. The van der Waals surface area contributed by atoms with E-state index in [-0.39, 0.29) is 11.4 Å². The zero-order valence-electron chi connectivity index (χ0n) is 14.9. The highest BCUT2D eigenvalue weighted by Gasteiger charge is 2.28. The van der Waals surface area contributed by atoms with E-state index in [4.69, 9.17) is 0 Å². The lowest BCUT2D eigenvalue weighted by molar-refractivity contribution is -0.114. The van der Waals surface area contributed by atoms with Gasteiger partial charge in [0.15, 0.2) is 0 Å². The molecule has 0 unspecified atom stereocenters. The van der Waals surface area contributed by atoms with Gasteiger partial charge >= 0.3 is 0 Å². The number of hydrogen-bond acceptors (Lipinski definition) is 3. The highest BCUT2D eigenvalue weighted by molar-refractivity contribution is 7.92. The molecule has 0 radical (unpaired) electrons. The molecule has 3 rings (SSSR count). The molecule has 138 valence electrons. The Labute approximate surface area is 159 Å². The van der Waals surface area contributed by atoms with E-state index >= 15 is 0 Å². The molecule has 0 aromatic heterocycles. The zero-order valence-corrected chi connectivity index (χ0v) is 15.7. The van der Waals surface area contributed by atoms with Crippen LogP contribution in [0.1, 0.15) is 5.56 Å². The number of carbonyl (C=O) groups is 1. The molecule has 0 saturated carbocycles. The molecule has 0 aliphatic carbocycles. The number of anilines is 2. The summed E-state index contributed by atoms with van der Waals surface area (Å²) in [5.41, 5.74) is 1.86. The first-order valence-electron chi connectivity index (χ1n) is 8.47. The van der Waals surface area contributed by atoms with Crippen LogP contribution in [0.5, 0.6) is 0 Å². The molecule has 5 nitrogen and oxygen atoms in total. The molecule has 3 aromatic carbocycles. The number of sulfonamides is 1. The van der Waals surface area contributed by atoms with Gasteiger partial charge in [0.2, 0.25) is 5.91 Å². The van der Waals surface area contributed by atoms with Crippen LogP contribution in [0.4, 0.5) is 11.4 Å². The predicted octanol–water partition coefficient (Wildman–Crippen LogP) is 3.83. The molecular weight excluding hydrogens is 360 g/mol. The molecule has 3 aromatic rings. The summed E-state index contributed by atoms with van der Waals surface area (Å²) in [6.45, 7) is 1.49. The average Bonchev–Trinajstić information content (AvgIpc) is 2.68. The molecule has 0 bridgehead atoms. The minimum Gasteiger partial charge on any atom is -0.325 e. The minimum absolute atomic E-state index is 0.140. The normalized spacial score (nSPS) is 11.0. The van der Waals surface area contributed by atoms with Gasteiger partial charge in [-0.3, -0.25) is 9.10 Å². The van der Waals surface area contributed by atoms with Crippen LogP contribution in [0.25, 0.3) is 0 Å². The Kier molecular flexibility index (Phi) is 5.57. The first-order valence-corrected chi connectivity index (χ1v) is 9.91. The minimum atomic E-state index is -3.89. The average molecular weight is 380 g/mol. The summed E-state index contributed by atoms with van der Waals surface area (Å²) in [5.74, 6) is -0.413. The maximum atomic E-state index is 13.2. The molecule has 27 heavy (non-hydrogen) atoms. The fraction of sp³-hybridized carbons (Fsp3) is 0.0952. The second-order valence-corrected chi connectivity index (χ2v) is 7.89. The number of amides is 1. The number of rotatable bonds is 6. The predicted molar refractivity (Wildman–Crippen MR) is 107 cm³/mol. The first kappa shape index (κ1) is 18.7. The third-order valence-corrected chi connectivity index (χ3v) is 5.83. The van der Waals surface area contributed by atoms with Gasteiger partial charge in [0.1, 0.15) is 6.54 Å². The zero-order chi connectivity index (χ0) is 19.3. The van der Waals surface area contributed by atoms with Crippen molar-refractivity contribution in [2.45, 2.75) is 11.8 Å². The Hall–Kier alpha value is -3.12. The van der Waals surface area contributed by atoms with Gasteiger partial charge in [0, 0.05) is 5.69 Å². The number of nitrogens with zero attached hydrogens (tertiary/aromatic N) is 1. The van der Waals surface area contributed by atoms with Gasteiger partial charge in [-0.25, -0.2) is 8.42 Å². The van der Waals surface area contributed by atoms with Crippen LogP contribution in [-0.2, 0) is 14.8 Å². The Morgan fingerprint density at radius 2 is 1.41 bits per heavy atom. The van der Waals surface area contributed by atoms with Crippen molar-refractivity contribution in [3.8, 4) is 0 Å². The van der Waals surface area contributed by atoms with E-state index in [1.54, 1.807) is 54.6 Å². The maximum Gasteiger partial charge on any atom is 0.264 e. The Bertz CT molecular complexity index is 1020. The van der Waals surface area contributed by atoms with Gasteiger partial charge in [-0.2, -0.15) is 0 Å². The summed E-state index contributed by atoms with van der Waals surface area (Å²) in [5, 5.41) is 2.74. The van der Waals surface area contributed by atoms with Crippen molar-refractivity contribution in [3.63, 3.8) is 0 Å². The topological polar surface area (TPSA) is 66.5 Å². The molecule has 1 amide bonds. The molecule has 0 atom stereocenters. The van der Waals surface area contributed by atoms with Crippen molar-refractivity contribution in [2.75, 3.05) is 16.2 Å². The molecule has 0 heterocycles. The van der Waals surface area contributed by atoms with Crippen LogP contribution in [0.3, 0.4) is 0 Å². The number of carbonyl (C=O) groups excluding carboxylic acids is 1. The second kappa shape index (κ2) is 8.05. The molecule has 1 N–H and O–H groups in total. The van der Waals surface area contributed by atoms with E-state index in [9.17, 15) is 13.2 Å². The second-order valence-electron chi connectivity index (χ2n) is 6.03. The fourth-order valence-electron chi connectivity index (χ4n) is 2.72. The van der Waals surface area contributed by atoms with Crippen LogP contribution in [-0.4, -0.2) is 20.9 Å². The van der Waals surface area contributed by atoms with Gasteiger partial charge < -0.3 is 5.32 Å². The lowest BCUT2D eigenvalue weighted by atomic mass is 10.2. The van der Waals surface area contributed by atoms with Crippen molar-refractivity contribution in [3.05, 3.63) is 90.5 Å². The summed E-state index contributed by atoms with van der Waals surface area (Å²) in [6, 6.07) is 24.2. The molecule has 0 aliphatic heterocycles. The largest absolute Gasteiger partial charge is 0.325 e. The van der Waals surface area contributed by atoms with Crippen LogP contribution < -0.4 is 9.62 Å². The number of para-hydroxylation sites is 2. The Morgan fingerprint density at radius 3 is 2.04 bits per heavy atom. The lowest BCUT2D eigenvalue weighted by Gasteiger charge is -2.25. The van der Waals surface area contributed by atoms with Gasteiger partial charge in [0.05, 0.1) is 10.6 Å². The Morgan fingerprint density at radius 1 is 0.852 bits per heavy atom. The number of aryl methyl sites for hydroxylation is 1. The molecule has 0 aliphatic rings. The third kappa shape index (κ3) is 4.35. The number of nitrogens with one attached hydrogen (secondary N) is 1.